The molecule has 6 heteroatoms. The van der Waals surface area contributed by atoms with E-state index in [9.17, 15) is 4.39 Å². The first-order chi connectivity index (χ1) is 10.2. The van der Waals surface area contributed by atoms with Crippen molar-refractivity contribution in [3.63, 3.8) is 0 Å². The molecule has 1 aromatic carbocycles. The summed E-state index contributed by atoms with van der Waals surface area (Å²) in [5.74, 6) is -0.684. The molecule has 0 radical (unpaired) electrons. The van der Waals surface area contributed by atoms with Crippen LogP contribution < -0.4 is 11.1 Å². The van der Waals surface area contributed by atoms with E-state index in [1.165, 1.54) is 18.9 Å². The predicted molar refractivity (Wildman–Crippen MR) is 78.8 cm³/mol. The van der Waals surface area contributed by atoms with Gasteiger partial charge in [-0.15, -0.1) is 0 Å². The summed E-state index contributed by atoms with van der Waals surface area (Å²) >= 11 is 0. The number of oxime groups is 1. The van der Waals surface area contributed by atoms with Gasteiger partial charge in [0.2, 0.25) is 0 Å². The lowest BCUT2D eigenvalue weighted by Crippen LogP contribution is -2.23. The molecule has 0 spiro atoms. The van der Waals surface area contributed by atoms with Crippen LogP contribution in [0.5, 0.6) is 0 Å². The maximum atomic E-state index is 14.1. The van der Waals surface area contributed by atoms with Gasteiger partial charge >= 0.3 is 0 Å². The zero-order valence-corrected chi connectivity index (χ0v) is 12.0. The highest BCUT2D eigenvalue weighted by molar-refractivity contribution is 5.97. The van der Waals surface area contributed by atoms with Gasteiger partial charge in [0.15, 0.2) is 5.84 Å². The van der Waals surface area contributed by atoms with Gasteiger partial charge in [-0.25, -0.2) is 4.39 Å². The van der Waals surface area contributed by atoms with E-state index < -0.39 is 5.82 Å². The summed E-state index contributed by atoms with van der Waals surface area (Å²) in [6, 6.07) is 4.84. The molecule has 2 rings (SSSR count). The number of nitrogens with one attached hydrogen (secondary N) is 1. The van der Waals surface area contributed by atoms with E-state index in [2.05, 4.69) is 10.5 Å². The highest BCUT2D eigenvalue weighted by Crippen LogP contribution is 2.20. The Morgan fingerprint density at radius 1 is 1.43 bits per heavy atom. The normalized spacial score (nSPS) is 16.5. The average Bonchev–Trinajstić information content (AvgIpc) is 3.01. The third-order valence-electron chi connectivity index (χ3n) is 3.71. The zero-order chi connectivity index (χ0) is 15.1. The van der Waals surface area contributed by atoms with Crippen LogP contribution in [0.2, 0.25) is 0 Å². The Kier molecular flexibility index (Phi) is 5.95. The summed E-state index contributed by atoms with van der Waals surface area (Å²) in [5.41, 5.74) is 6.03. The summed E-state index contributed by atoms with van der Waals surface area (Å²) in [6.07, 6.45) is 5.20. The third-order valence-corrected chi connectivity index (χ3v) is 3.71. The van der Waals surface area contributed by atoms with Gasteiger partial charge in [-0.3, -0.25) is 0 Å². The van der Waals surface area contributed by atoms with Crippen LogP contribution in [0.15, 0.2) is 23.4 Å². The van der Waals surface area contributed by atoms with Gasteiger partial charge in [0, 0.05) is 18.7 Å². The van der Waals surface area contributed by atoms with Crippen LogP contribution in [-0.2, 0) is 11.3 Å². The fourth-order valence-electron chi connectivity index (χ4n) is 2.54. The van der Waals surface area contributed by atoms with Crippen LogP contribution in [0.3, 0.4) is 0 Å². The first kappa shape index (κ1) is 15.7. The van der Waals surface area contributed by atoms with Gasteiger partial charge in [-0.05, 0) is 18.9 Å². The molecule has 1 aliphatic rings. The molecule has 1 saturated carbocycles. The monoisotopic (exact) mass is 295 g/mol. The molecule has 0 aromatic heterocycles. The molecular weight excluding hydrogens is 273 g/mol. The van der Waals surface area contributed by atoms with Crippen molar-refractivity contribution in [1.29, 1.82) is 0 Å². The molecule has 1 aromatic rings. The highest BCUT2D eigenvalue weighted by atomic mass is 19.1. The lowest BCUT2D eigenvalue weighted by molar-refractivity contribution is 0.0602. The molecule has 0 bridgehead atoms. The Bertz CT molecular complexity index is 488. The molecule has 0 heterocycles. The van der Waals surface area contributed by atoms with Crippen molar-refractivity contribution >= 4 is 5.84 Å². The Balaban J connectivity index is 1.77. The Morgan fingerprint density at radius 3 is 2.90 bits per heavy atom. The molecule has 0 saturated heterocycles. The standard InChI is InChI=1S/C15H22FN3O2/c16-14-11(4-3-7-13(14)15(17)19-20)10-18-8-9-21-12-5-1-2-6-12/h3-4,7,12,18,20H,1-2,5-6,8-10H2,(H2,17,19). The molecule has 1 fully saturated rings. The van der Waals surface area contributed by atoms with E-state index in [0.717, 1.165) is 12.8 Å². The predicted octanol–water partition coefficient (Wildman–Crippen LogP) is 1.97. The van der Waals surface area contributed by atoms with Crippen LogP contribution >= 0.6 is 0 Å². The molecule has 21 heavy (non-hydrogen) atoms. The number of amidine groups is 1. The quantitative estimate of drug-likeness (QED) is 0.236. The third kappa shape index (κ3) is 4.41. The zero-order valence-electron chi connectivity index (χ0n) is 12.0. The number of halogens is 1. The van der Waals surface area contributed by atoms with Gasteiger partial charge < -0.3 is 21.0 Å². The maximum absolute atomic E-state index is 14.1. The van der Waals surface area contributed by atoms with Crippen molar-refractivity contribution in [2.45, 2.75) is 38.3 Å². The van der Waals surface area contributed by atoms with Gasteiger partial charge in [0.1, 0.15) is 5.82 Å². The Hall–Kier alpha value is -1.66. The minimum atomic E-state index is -0.461. The number of hydrogen-bond acceptors (Lipinski definition) is 4. The van der Waals surface area contributed by atoms with E-state index in [4.69, 9.17) is 15.7 Å². The van der Waals surface area contributed by atoms with Crippen molar-refractivity contribution in [2.24, 2.45) is 10.9 Å². The second-order valence-corrected chi connectivity index (χ2v) is 5.22. The van der Waals surface area contributed by atoms with Crippen LogP contribution in [0.25, 0.3) is 0 Å². The molecular formula is C15H22FN3O2. The molecule has 0 amide bonds. The smallest absolute Gasteiger partial charge is 0.173 e. The highest BCUT2D eigenvalue weighted by Gasteiger charge is 2.15. The molecule has 0 unspecified atom stereocenters. The maximum Gasteiger partial charge on any atom is 0.173 e. The Labute approximate surface area is 124 Å². The fraction of sp³-hybridized carbons (Fsp3) is 0.533. The van der Waals surface area contributed by atoms with Crippen molar-refractivity contribution < 1.29 is 14.3 Å². The van der Waals surface area contributed by atoms with Crippen molar-refractivity contribution in [2.75, 3.05) is 13.2 Å². The lowest BCUT2D eigenvalue weighted by atomic mass is 10.1. The van der Waals surface area contributed by atoms with E-state index in [1.807, 2.05) is 0 Å². The fourth-order valence-corrected chi connectivity index (χ4v) is 2.54. The SMILES string of the molecule is N/C(=N/O)c1cccc(CNCCOC2CCCC2)c1F. The van der Waals surface area contributed by atoms with Crippen LogP contribution in [0.1, 0.15) is 36.8 Å². The lowest BCUT2D eigenvalue weighted by Gasteiger charge is -2.12. The van der Waals surface area contributed by atoms with Crippen LogP contribution in [0, 0.1) is 5.82 Å². The van der Waals surface area contributed by atoms with Crippen LogP contribution in [-0.4, -0.2) is 30.3 Å². The molecule has 0 atom stereocenters. The van der Waals surface area contributed by atoms with Crippen molar-refractivity contribution in [3.05, 3.63) is 35.1 Å². The van der Waals surface area contributed by atoms with Gasteiger partial charge in [-0.2, -0.15) is 0 Å². The number of nitrogens with two attached hydrogens (primary N) is 1. The minimum Gasteiger partial charge on any atom is -0.409 e. The largest absolute Gasteiger partial charge is 0.409 e. The van der Waals surface area contributed by atoms with E-state index in [1.54, 1.807) is 12.1 Å². The molecule has 5 nitrogen and oxygen atoms in total. The van der Waals surface area contributed by atoms with E-state index in [0.29, 0.717) is 31.4 Å². The summed E-state index contributed by atoms with van der Waals surface area (Å²) in [6.45, 7) is 1.68. The average molecular weight is 295 g/mol. The van der Waals surface area contributed by atoms with Gasteiger partial charge in [0.25, 0.3) is 0 Å². The number of nitrogens with zero attached hydrogens (tertiary/aromatic N) is 1. The van der Waals surface area contributed by atoms with E-state index >= 15 is 0 Å². The second-order valence-electron chi connectivity index (χ2n) is 5.22. The minimum absolute atomic E-state index is 0.110. The molecule has 4 N–H and O–H groups in total. The first-order valence-corrected chi connectivity index (χ1v) is 7.30. The first-order valence-electron chi connectivity index (χ1n) is 7.30. The van der Waals surface area contributed by atoms with Crippen molar-refractivity contribution in [3.8, 4) is 0 Å². The Morgan fingerprint density at radius 2 is 2.19 bits per heavy atom. The van der Waals surface area contributed by atoms with Crippen LogP contribution in [0.4, 0.5) is 4.39 Å². The summed E-state index contributed by atoms with van der Waals surface area (Å²) < 4.78 is 19.8. The van der Waals surface area contributed by atoms with Crippen molar-refractivity contribution in [1.82, 2.24) is 5.32 Å². The van der Waals surface area contributed by atoms with E-state index in [-0.39, 0.29) is 11.4 Å². The second kappa shape index (κ2) is 7.95. The summed E-state index contributed by atoms with van der Waals surface area (Å²) in [7, 11) is 0. The number of benzene rings is 1. The summed E-state index contributed by atoms with van der Waals surface area (Å²) in [5, 5.41) is 14.6. The van der Waals surface area contributed by atoms with Gasteiger partial charge in [0.05, 0.1) is 18.3 Å². The number of hydrogen-bond donors (Lipinski definition) is 3. The topological polar surface area (TPSA) is 79.9 Å². The summed E-state index contributed by atoms with van der Waals surface area (Å²) in [4.78, 5) is 0. The molecule has 1 aliphatic carbocycles. The molecule has 0 aliphatic heterocycles. The van der Waals surface area contributed by atoms with Gasteiger partial charge in [-0.1, -0.05) is 30.1 Å². The number of rotatable bonds is 7. The number of ether oxygens (including phenoxy) is 1. The molecule has 116 valence electrons.